The van der Waals surface area contributed by atoms with E-state index in [1.165, 1.54) is 0 Å². The summed E-state index contributed by atoms with van der Waals surface area (Å²) < 4.78 is 10.7. The van der Waals surface area contributed by atoms with Gasteiger partial charge in [-0.2, -0.15) is 0 Å². The molecule has 0 spiro atoms. The second kappa shape index (κ2) is 7.63. The van der Waals surface area contributed by atoms with Gasteiger partial charge in [0.25, 0.3) is 0 Å². The molecule has 0 aromatic rings. The maximum absolute atomic E-state index is 12.0. The Labute approximate surface area is 103 Å². The largest absolute Gasteiger partial charge is 0.380 e. The van der Waals surface area contributed by atoms with Gasteiger partial charge in [-0.3, -0.25) is 4.79 Å². The molecule has 5 nitrogen and oxygen atoms in total. The van der Waals surface area contributed by atoms with Gasteiger partial charge in [0, 0.05) is 33.4 Å². The summed E-state index contributed by atoms with van der Waals surface area (Å²) in [4.78, 5) is 13.9. The molecule has 100 valence electrons. The van der Waals surface area contributed by atoms with E-state index in [1.54, 1.807) is 7.11 Å². The van der Waals surface area contributed by atoms with Crippen molar-refractivity contribution in [3.05, 3.63) is 0 Å². The van der Waals surface area contributed by atoms with Crippen molar-refractivity contribution < 1.29 is 14.3 Å². The number of ether oxygens (including phenoxy) is 2. The SMILES string of the molecule is CCN(CC1CCCO1)C(=O)CC(CN)OC. The molecule has 1 aliphatic heterocycles. The van der Waals surface area contributed by atoms with E-state index in [9.17, 15) is 4.79 Å². The van der Waals surface area contributed by atoms with Crippen LogP contribution in [0.15, 0.2) is 0 Å². The molecule has 2 unspecified atom stereocenters. The third kappa shape index (κ3) is 4.61. The number of hydrogen-bond acceptors (Lipinski definition) is 4. The molecule has 0 radical (unpaired) electrons. The van der Waals surface area contributed by atoms with Gasteiger partial charge in [0.05, 0.1) is 18.6 Å². The predicted octanol–water partition coefficient (Wildman–Crippen LogP) is 0.378. The number of carbonyl (C=O) groups excluding carboxylic acids is 1. The first kappa shape index (κ1) is 14.4. The van der Waals surface area contributed by atoms with Crippen LogP contribution in [-0.2, 0) is 14.3 Å². The fourth-order valence-electron chi connectivity index (χ4n) is 2.03. The van der Waals surface area contributed by atoms with E-state index in [-0.39, 0.29) is 18.1 Å². The number of likely N-dealkylation sites (N-methyl/N-ethyl adjacent to an activating group) is 1. The Morgan fingerprint density at radius 1 is 1.65 bits per heavy atom. The van der Waals surface area contributed by atoms with Crippen LogP contribution in [0.2, 0.25) is 0 Å². The third-order valence-electron chi connectivity index (χ3n) is 3.18. The minimum Gasteiger partial charge on any atom is -0.380 e. The van der Waals surface area contributed by atoms with Crippen LogP contribution in [0.4, 0.5) is 0 Å². The second-order valence-electron chi connectivity index (χ2n) is 4.36. The zero-order valence-electron chi connectivity index (χ0n) is 10.9. The summed E-state index contributed by atoms with van der Waals surface area (Å²) in [5.74, 6) is 0.0975. The van der Waals surface area contributed by atoms with Crippen LogP contribution >= 0.6 is 0 Å². The van der Waals surface area contributed by atoms with Gasteiger partial charge in [-0.25, -0.2) is 0 Å². The predicted molar refractivity (Wildman–Crippen MR) is 65.7 cm³/mol. The van der Waals surface area contributed by atoms with Gasteiger partial charge in [0.2, 0.25) is 5.91 Å². The smallest absolute Gasteiger partial charge is 0.225 e. The summed E-state index contributed by atoms with van der Waals surface area (Å²) >= 11 is 0. The van der Waals surface area contributed by atoms with Crippen LogP contribution in [0.25, 0.3) is 0 Å². The average molecular weight is 244 g/mol. The van der Waals surface area contributed by atoms with Crippen molar-refractivity contribution >= 4 is 5.91 Å². The standard InChI is InChI=1S/C12H24N2O3/c1-3-14(9-10-5-4-6-17-10)12(15)7-11(8-13)16-2/h10-11H,3-9,13H2,1-2H3. The summed E-state index contributed by atoms with van der Waals surface area (Å²) in [6.45, 7) is 4.58. The van der Waals surface area contributed by atoms with E-state index < -0.39 is 0 Å². The molecule has 0 aromatic heterocycles. The van der Waals surface area contributed by atoms with Crippen LogP contribution < -0.4 is 5.73 Å². The Balaban J connectivity index is 2.39. The molecule has 0 aromatic carbocycles. The lowest BCUT2D eigenvalue weighted by atomic mass is 10.2. The Morgan fingerprint density at radius 2 is 2.41 bits per heavy atom. The van der Waals surface area contributed by atoms with E-state index in [4.69, 9.17) is 15.2 Å². The molecule has 1 heterocycles. The van der Waals surface area contributed by atoms with Crippen molar-refractivity contribution in [2.75, 3.05) is 33.4 Å². The number of amides is 1. The molecule has 1 saturated heterocycles. The van der Waals surface area contributed by atoms with Gasteiger partial charge in [-0.05, 0) is 19.8 Å². The van der Waals surface area contributed by atoms with Crippen LogP contribution in [-0.4, -0.2) is 56.4 Å². The third-order valence-corrected chi connectivity index (χ3v) is 3.18. The molecule has 2 N–H and O–H groups in total. The summed E-state index contributed by atoms with van der Waals surface area (Å²) in [5.41, 5.74) is 5.52. The summed E-state index contributed by atoms with van der Waals surface area (Å²) in [6.07, 6.45) is 2.53. The zero-order chi connectivity index (χ0) is 12.7. The van der Waals surface area contributed by atoms with Crippen molar-refractivity contribution in [1.29, 1.82) is 0 Å². The molecule has 0 bridgehead atoms. The van der Waals surface area contributed by atoms with E-state index >= 15 is 0 Å². The monoisotopic (exact) mass is 244 g/mol. The number of carbonyl (C=O) groups is 1. The Hall–Kier alpha value is -0.650. The van der Waals surface area contributed by atoms with E-state index in [0.29, 0.717) is 26.1 Å². The van der Waals surface area contributed by atoms with Gasteiger partial charge >= 0.3 is 0 Å². The lowest BCUT2D eigenvalue weighted by Gasteiger charge is -2.25. The first-order chi connectivity index (χ1) is 8.21. The van der Waals surface area contributed by atoms with Gasteiger partial charge in [0.15, 0.2) is 0 Å². The van der Waals surface area contributed by atoms with Crippen LogP contribution in [0.1, 0.15) is 26.2 Å². The molecule has 0 saturated carbocycles. The van der Waals surface area contributed by atoms with Crippen molar-refractivity contribution in [1.82, 2.24) is 4.90 Å². The minimum atomic E-state index is -0.180. The van der Waals surface area contributed by atoms with Gasteiger partial charge in [-0.1, -0.05) is 0 Å². The highest BCUT2D eigenvalue weighted by molar-refractivity contribution is 5.76. The van der Waals surface area contributed by atoms with Crippen LogP contribution in [0, 0.1) is 0 Å². The number of nitrogens with zero attached hydrogens (tertiary/aromatic N) is 1. The Morgan fingerprint density at radius 3 is 2.88 bits per heavy atom. The molecule has 5 heteroatoms. The van der Waals surface area contributed by atoms with Crippen molar-refractivity contribution in [3.8, 4) is 0 Å². The van der Waals surface area contributed by atoms with Gasteiger partial charge < -0.3 is 20.1 Å². The van der Waals surface area contributed by atoms with E-state index in [0.717, 1.165) is 19.4 Å². The number of rotatable bonds is 7. The van der Waals surface area contributed by atoms with E-state index in [1.807, 2.05) is 11.8 Å². The molecule has 0 aliphatic carbocycles. The highest BCUT2D eigenvalue weighted by atomic mass is 16.5. The van der Waals surface area contributed by atoms with Crippen LogP contribution in [0.3, 0.4) is 0 Å². The second-order valence-corrected chi connectivity index (χ2v) is 4.36. The fraction of sp³-hybridized carbons (Fsp3) is 0.917. The van der Waals surface area contributed by atoms with Crippen molar-refractivity contribution in [2.24, 2.45) is 5.73 Å². The topological polar surface area (TPSA) is 64.8 Å². The normalized spacial score (nSPS) is 21.5. The molecule has 1 amide bonds. The summed E-state index contributed by atoms with van der Waals surface area (Å²) in [5, 5.41) is 0. The van der Waals surface area contributed by atoms with Crippen LogP contribution in [0.5, 0.6) is 0 Å². The maximum atomic E-state index is 12.0. The molecule has 17 heavy (non-hydrogen) atoms. The lowest BCUT2D eigenvalue weighted by molar-refractivity contribution is -0.135. The number of nitrogens with two attached hydrogens (primary N) is 1. The summed E-state index contributed by atoms with van der Waals surface area (Å²) in [7, 11) is 1.58. The quantitative estimate of drug-likeness (QED) is 0.703. The Bertz CT molecular complexity index is 226. The van der Waals surface area contributed by atoms with Gasteiger partial charge in [-0.15, -0.1) is 0 Å². The summed E-state index contributed by atoms with van der Waals surface area (Å²) in [6, 6.07) is 0. The molecule has 1 aliphatic rings. The van der Waals surface area contributed by atoms with E-state index in [2.05, 4.69) is 0 Å². The van der Waals surface area contributed by atoms with Crippen molar-refractivity contribution in [2.45, 2.75) is 38.4 Å². The lowest BCUT2D eigenvalue weighted by Crippen LogP contribution is -2.40. The molecule has 1 fully saturated rings. The first-order valence-corrected chi connectivity index (χ1v) is 6.33. The molecular formula is C12H24N2O3. The highest BCUT2D eigenvalue weighted by Crippen LogP contribution is 2.14. The number of hydrogen-bond donors (Lipinski definition) is 1. The molecular weight excluding hydrogens is 220 g/mol. The fourth-order valence-corrected chi connectivity index (χ4v) is 2.03. The first-order valence-electron chi connectivity index (χ1n) is 6.33. The average Bonchev–Trinajstić information content (AvgIpc) is 2.85. The van der Waals surface area contributed by atoms with Crippen molar-refractivity contribution in [3.63, 3.8) is 0 Å². The zero-order valence-corrected chi connectivity index (χ0v) is 10.9. The molecule has 1 rings (SSSR count). The Kier molecular flexibility index (Phi) is 6.47. The minimum absolute atomic E-state index is 0.0975. The molecule has 2 atom stereocenters. The van der Waals surface area contributed by atoms with Gasteiger partial charge in [0.1, 0.15) is 0 Å². The maximum Gasteiger partial charge on any atom is 0.225 e. The number of methoxy groups -OCH3 is 1. The highest BCUT2D eigenvalue weighted by Gasteiger charge is 2.23.